The van der Waals surface area contributed by atoms with Gasteiger partial charge in [-0.25, -0.2) is 8.42 Å². The molecule has 0 fully saturated rings. The molecule has 0 bridgehead atoms. The van der Waals surface area contributed by atoms with Crippen molar-refractivity contribution in [3.05, 3.63) is 51.5 Å². The molecule has 1 atom stereocenters. The Morgan fingerprint density at radius 3 is 2.40 bits per heavy atom. The molecule has 9 heteroatoms. The molecule has 1 aliphatic rings. The van der Waals surface area contributed by atoms with Crippen LogP contribution >= 0.6 is 15.9 Å². The first-order chi connectivity index (χ1) is 14.2. The molecule has 162 valence electrons. The van der Waals surface area contributed by atoms with Crippen LogP contribution in [0, 0.1) is 6.92 Å². The number of hydrogen-bond acceptors (Lipinski definition) is 6. The molecule has 2 aromatic rings. The number of carbonyl (C=O) groups is 1. The second kappa shape index (κ2) is 8.95. The van der Waals surface area contributed by atoms with Crippen LogP contribution in [0.3, 0.4) is 0 Å². The minimum atomic E-state index is -3.85. The van der Waals surface area contributed by atoms with Gasteiger partial charge in [0, 0.05) is 11.0 Å². The van der Waals surface area contributed by atoms with Crippen LogP contribution in [0.4, 0.5) is 0 Å². The summed E-state index contributed by atoms with van der Waals surface area (Å²) < 4.78 is 44.9. The van der Waals surface area contributed by atoms with Crippen LogP contribution in [0.15, 0.2) is 39.7 Å². The van der Waals surface area contributed by atoms with E-state index in [0.29, 0.717) is 23.5 Å². The number of esters is 1. The van der Waals surface area contributed by atoms with E-state index in [-0.39, 0.29) is 17.9 Å². The molecule has 3 rings (SSSR count). The average Bonchev–Trinajstić information content (AvgIpc) is 2.74. The Morgan fingerprint density at radius 1 is 1.13 bits per heavy atom. The van der Waals surface area contributed by atoms with Gasteiger partial charge in [-0.05, 0) is 60.4 Å². The summed E-state index contributed by atoms with van der Waals surface area (Å²) >= 11 is 3.40. The fourth-order valence-electron chi connectivity index (χ4n) is 3.66. The summed E-state index contributed by atoms with van der Waals surface area (Å²) in [5.74, 6) is 0.549. The third-order valence-electron chi connectivity index (χ3n) is 5.28. The van der Waals surface area contributed by atoms with E-state index in [0.717, 1.165) is 15.6 Å². The first kappa shape index (κ1) is 22.6. The first-order valence-electron chi connectivity index (χ1n) is 9.32. The molecule has 1 aliphatic heterocycles. The Hall–Kier alpha value is -2.10. The van der Waals surface area contributed by atoms with Gasteiger partial charge < -0.3 is 14.2 Å². The van der Waals surface area contributed by atoms with Crippen molar-refractivity contribution in [1.29, 1.82) is 0 Å². The van der Waals surface area contributed by atoms with Crippen molar-refractivity contribution in [2.75, 3.05) is 27.9 Å². The van der Waals surface area contributed by atoms with E-state index in [4.69, 9.17) is 14.2 Å². The van der Waals surface area contributed by atoms with E-state index in [2.05, 4.69) is 15.9 Å². The summed E-state index contributed by atoms with van der Waals surface area (Å²) in [5.41, 5.74) is 2.44. The van der Waals surface area contributed by atoms with E-state index in [1.165, 1.54) is 18.5 Å². The molecule has 0 radical (unpaired) electrons. The van der Waals surface area contributed by atoms with Gasteiger partial charge >= 0.3 is 5.97 Å². The molecule has 1 heterocycles. The van der Waals surface area contributed by atoms with Crippen LogP contribution < -0.4 is 9.47 Å². The number of hydrogen-bond donors (Lipinski definition) is 0. The molecule has 2 aromatic carbocycles. The van der Waals surface area contributed by atoms with E-state index in [1.54, 1.807) is 31.4 Å². The maximum atomic E-state index is 13.5. The number of benzene rings is 2. The van der Waals surface area contributed by atoms with Crippen molar-refractivity contribution >= 4 is 31.9 Å². The number of sulfonamides is 1. The number of aryl methyl sites for hydroxylation is 1. The highest BCUT2D eigenvalue weighted by molar-refractivity contribution is 9.10. The van der Waals surface area contributed by atoms with Crippen LogP contribution in [0.1, 0.15) is 29.2 Å². The van der Waals surface area contributed by atoms with E-state index in [1.807, 2.05) is 13.0 Å². The van der Waals surface area contributed by atoms with Crippen molar-refractivity contribution in [3.63, 3.8) is 0 Å². The van der Waals surface area contributed by atoms with Gasteiger partial charge in [-0.3, -0.25) is 4.79 Å². The van der Waals surface area contributed by atoms with Crippen LogP contribution in [0.5, 0.6) is 11.5 Å². The van der Waals surface area contributed by atoms with Gasteiger partial charge in [0.2, 0.25) is 10.0 Å². The van der Waals surface area contributed by atoms with Crippen molar-refractivity contribution in [2.45, 2.75) is 30.7 Å². The predicted molar refractivity (Wildman–Crippen MR) is 115 cm³/mol. The highest BCUT2D eigenvalue weighted by Crippen LogP contribution is 2.41. The van der Waals surface area contributed by atoms with Gasteiger partial charge in [-0.1, -0.05) is 15.9 Å². The molecular formula is C21H24BrNO6S. The van der Waals surface area contributed by atoms with Crippen molar-refractivity contribution in [2.24, 2.45) is 0 Å². The van der Waals surface area contributed by atoms with Crippen LogP contribution in [0.2, 0.25) is 0 Å². The number of nitrogens with zero attached hydrogens (tertiary/aromatic N) is 1. The summed E-state index contributed by atoms with van der Waals surface area (Å²) in [4.78, 5) is 12.4. The van der Waals surface area contributed by atoms with E-state index >= 15 is 0 Å². The lowest BCUT2D eigenvalue weighted by atomic mass is 9.91. The van der Waals surface area contributed by atoms with E-state index < -0.39 is 22.0 Å². The summed E-state index contributed by atoms with van der Waals surface area (Å²) in [5, 5.41) is 0. The monoisotopic (exact) mass is 497 g/mol. The molecule has 0 spiro atoms. The van der Waals surface area contributed by atoms with Crippen LogP contribution in [0.25, 0.3) is 0 Å². The number of fused-ring (bicyclic) bond motifs is 1. The number of rotatable bonds is 6. The lowest BCUT2D eigenvalue weighted by molar-refractivity contribution is -0.141. The standard InChI is InChI=1S/C21H24BrNO6S/c1-13-9-15(5-6-17(13)22)30(25,26)23-8-7-14-10-19(27-2)20(28-3)11-16(14)18(23)12-21(24)29-4/h5-6,9-11,18H,7-8,12H2,1-4H3. The molecule has 7 nitrogen and oxygen atoms in total. The zero-order chi connectivity index (χ0) is 22.1. The molecule has 0 saturated heterocycles. The third-order valence-corrected chi connectivity index (χ3v) is 8.07. The minimum absolute atomic E-state index is 0.103. The number of halogens is 1. The van der Waals surface area contributed by atoms with Crippen molar-refractivity contribution < 1.29 is 27.4 Å². The maximum absolute atomic E-state index is 13.5. The van der Waals surface area contributed by atoms with Gasteiger partial charge in [0.05, 0.1) is 38.7 Å². The summed E-state index contributed by atoms with van der Waals surface area (Å²) in [6.07, 6.45) is 0.385. The average molecular weight is 498 g/mol. The summed E-state index contributed by atoms with van der Waals surface area (Å²) in [6.45, 7) is 2.07. The van der Waals surface area contributed by atoms with Gasteiger partial charge in [0.25, 0.3) is 0 Å². The Bertz CT molecular complexity index is 1070. The highest BCUT2D eigenvalue weighted by Gasteiger charge is 2.38. The van der Waals surface area contributed by atoms with Gasteiger partial charge in [-0.15, -0.1) is 0 Å². The maximum Gasteiger partial charge on any atom is 0.307 e. The summed E-state index contributed by atoms with van der Waals surface area (Å²) in [6, 6.07) is 7.77. The van der Waals surface area contributed by atoms with Gasteiger partial charge in [0.15, 0.2) is 11.5 Å². The normalized spacial score (nSPS) is 16.6. The molecule has 0 N–H and O–H groups in total. The molecule has 1 unspecified atom stereocenters. The molecular weight excluding hydrogens is 474 g/mol. The summed E-state index contributed by atoms with van der Waals surface area (Å²) in [7, 11) is 0.502. The molecule has 0 saturated carbocycles. The topological polar surface area (TPSA) is 82.1 Å². The quantitative estimate of drug-likeness (QED) is 0.566. The molecule has 0 amide bonds. The molecule has 0 aromatic heterocycles. The fraction of sp³-hybridized carbons (Fsp3) is 0.381. The predicted octanol–water partition coefficient (Wildman–Crippen LogP) is 3.63. The molecule has 30 heavy (non-hydrogen) atoms. The SMILES string of the molecule is COC(=O)CC1c2cc(OC)c(OC)cc2CCN1S(=O)(=O)c1ccc(Br)c(C)c1. The number of carbonyl (C=O) groups excluding carboxylic acids is 1. The second-order valence-corrected chi connectivity index (χ2v) is 9.72. The zero-order valence-electron chi connectivity index (χ0n) is 17.3. The Labute approximate surface area is 185 Å². The zero-order valence-corrected chi connectivity index (χ0v) is 19.7. The Kier molecular flexibility index (Phi) is 6.74. The largest absolute Gasteiger partial charge is 0.493 e. The fourth-order valence-corrected chi connectivity index (χ4v) is 5.60. The lowest BCUT2D eigenvalue weighted by Crippen LogP contribution is -2.41. The number of methoxy groups -OCH3 is 3. The highest BCUT2D eigenvalue weighted by atomic mass is 79.9. The van der Waals surface area contributed by atoms with Gasteiger partial charge in [-0.2, -0.15) is 4.31 Å². The lowest BCUT2D eigenvalue weighted by Gasteiger charge is -2.36. The van der Waals surface area contributed by atoms with Crippen LogP contribution in [-0.4, -0.2) is 46.6 Å². The third kappa shape index (κ3) is 4.19. The van der Waals surface area contributed by atoms with Gasteiger partial charge in [0.1, 0.15) is 0 Å². The minimum Gasteiger partial charge on any atom is -0.493 e. The van der Waals surface area contributed by atoms with Crippen molar-refractivity contribution in [3.8, 4) is 11.5 Å². The smallest absolute Gasteiger partial charge is 0.307 e. The Balaban J connectivity index is 2.12. The van der Waals surface area contributed by atoms with Crippen molar-refractivity contribution in [1.82, 2.24) is 4.31 Å². The van der Waals surface area contributed by atoms with Crippen LogP contribution in [-0.2, 0) is 26.0 Å². The number of ether oxygens (including phenoxy) is 3. The van der Waals surface area contributed by atoms with E-state index in [9.17, 15) is 13.2 Å². The molecule has 0 aliphatic carbocycles. The second-order valence-electron chi connectivity index (χ2n) is 6.98. The first-order valence-corrected chi connectivity index (χ1v) is 11.6. The Morgan fingerprint density at radius 2 is 1.80 bits per heavy atom.